The molecule has 0 bridgehead atoms. The maximum atomic E-state index is 12.0. The minimum absolute atomic E-state index is 0.189. The van der Waals surface area contributed by atoms with E-state index in [0.717, 1.165) is 22.9 Å². The normalized spacial score (nSPS) is 17.1. The van der Waals surface area contributed by atoms with Crippen LogP contribution in [0, 0.1) is 5.92 Å². The summed E-state index contributed by atoms with van der Waals surface area (Å²) < 4.78 is 59.1. The average Bonchev–Trinajstić information content (AvgIpc) is 3.25. The Bertz CT molecular complexity index is 1560. The third-order valence-corrected chi connectivity index (χ3v) is 7.64. The molecule has 0 saturated carbocycles. The molecule has 2 fully saturated rings. The van der Waals surface area contributed by atoms with Gasteiger partial charge in [-0.1, -0.05) is 13.8 Å². The summed E-state index contributed by atoms with van der Waals surface area (Å²) >= 11 is 0. The van der Waals surface area contributed by atoms with Gasteiger partial charge in [0.1, 0.15) is 0 Å². The molecule has 41 heavy (non-hydrogen) atoms. The molecule has 5 heterocycles. The Morgan fingerprint density at radius 1 is 0.927 bits per heavy atom. The van der Waals surface area contributed by atoms with Crippen molar-refractivity contribution in [2.75, 3.05) is 80.5 Å². The van der Waals surface area contributed by atoms with Crippen LogP contribution in [-0.4, -0.2) is 120 Å². The fourth-order valence-corrected chi connectivity index (χ4v) is 5.37. The van der Waals surface area contributed by atoms with Gasteiger partial charge < -0.3 is 20.3 Å². The first-order valence-electron chi connectivity index (χ1n) is 13.0. The Morgan fingerprint density at radius 3 is 2.05 bits per heavy atom. The second kappa shape index (κ2) is 12.4. The van der Waals surface area contributed by atoms with Gasteiger partial charge in [0.15, 0.2) is 22.8 Å². The van der Waals surface area contributed by atoms with Crippen LogP contribution in [0.15, 0.2) is 12.4 Å². The number of nitrogens with zero attached hydrogens (tertiary/aromatic N) is 9. The molecule has 2 saturated heterocycles. The number of hydrogen-bond acceptors (Lipinski definition) is 13. The molecule has 3 aromatic heterocycles. The van der Waals surface area contributed by atoms with E-state index in [-0.39, 0.29) is 5.95 Å². The Morgan fingerprint density at radius 2 is 1.51 bits per heavy atom. The number of anilines is 3. The molecule has 2 aliphatic rings. The molecular formula is C23H36N10O6S2. The van der Waals surface area contributed by atoms with Gasteiger partial charge in [-0.05, 0) is 5.92 Å². The highest BCUT2D eigenvalue weighted by atomic mass is 32.2. The Labute approximate surface area is 239 Å². The second-order valence-electron chi connectivity index (χ2n) is 10.3. The minimum atomic E-state index is -3.67. The topological polar surface area (TPSA) is 203 Å². The van der Waals surface area contributed by atoms with Gasteiger partial charge in [-0.3, -0.25) is 9.12 Å². The van der Waals surface area contributed by atoms with Crippen LogP contribution < -0.4 is 15.5 Å². The molecule has 0 aliphatic carbocycles. The van der Waals surface area contributed by atoms with E-state index in [9.17, 15) is 16.8 Å². The van der Waals surface area contributed by atoms with Gasteiger partial charge >= 0.3 is 0 Å². The molecule has 3 N–H and O–H groups in total. The number of nitrogen functional groups attached to an aromatic ring is 1. The lowest BCUT2D eigenvalue weighted by Crippen LogP contribution is -2.49. The van der Waals surface area contributed by atoms with Crippen molar-refractivity contribution in [2.24, 2.45) is 5.92 Å². The highest BCUT2D eigenvalue weighted by molar-refractivity contribution is 7.88. The van der Waals surface area contributed by atoms with Crippen LogP contribution in [0.5, 0.6) is 0 Å². The highest BCUT2D eigenvalue weighted by Crippen LogP contribution is 2.32. The van der Waals surface area contributed by atoms with Crippen LogP contribution in [0.2, 0.25) is 0 Å². The maximum absolute atomic E-state index is 12.0. The first kappa shape index (κ1) is 30.8. The van der Waals surface area contributed by atoms with Crippen LogP contribution >= 0.6 is 0 Å². The van der Waals surface area contributed by atoms with Crippen molar-refractivity contribution in [2.45, 2.75) is 20.4 Å². The molecule has 0 atom stereocenters. The Hall–Kier alpha value is -3.19. The first-order valence-corrected chi connectivity index (χ1v) is 16.7. The van der Waals surface area contributed by atoms with E-state index in [1.165, 1.54) is 10.6 Å². The van der Waals surface area contributed by atoms with Gasteiger partial charge in [0.05, 0.1) is 31.3 Å². The number of hydrogen-bond donors (Lipinski definition) is 2. The lowest BCUT2D eigenvalue weighted by Gasteiger charge is -2.34. The van der Waals surface area contributed by atoms with E-state index in [1.807, 2.05) is 0 Å². The van der Waals surface area contributed by atoms with Gasteiger partial charge in [0, 0.05) is 58.2 Å². The quantitative estimate of drug-likeness (QED) is 0.350. The van der Waals surface area contributed by atoms with Crippen LogP contribution in [-0.2, 0) is 31.4 Å². The van der Waals surface area contributed by atoms with Crippen molar-refractivity contribution in [1.82, 2.24) is 33.8 Å². The smallest absolute Gasteiger partial charge is 0.261 e. The standard InChI is InChI=1S/C22H32N10O3S.CH4O3S/c1-15(2)14-32-20-17(26-22(32)30-4-6-31(7-5-30)36(3,33)34)19(29-8-10-35-11-9-29)27-18(28-20)16-12-24-21(23)25-13-16;1-5(2,3)4/h12-13,15H,4-11,14H2,1-3H3,(H2,23,24,25);1H3,(H,2,3,4). The van der Waals surface area contributed by atoms with Gasteiger partial charge in [0.2, 0.25) is 21.9 Å². The van der Waals surface area contributed by atoms with Crippen molar-refractivity contribution < 1.29 is 26.1 Å². The number of rotatable bonds is 6. The summed E-state index contributed by atoms with van der Waals surface area (Å²) in [5.74, 6) is 2.55. The summed E-state index contributed by atoms with van der Waals surface area (Å²) in [5.41, 5.74) is 7.82. The molecule has 0 spiro atoms. The summed E-state index contributed by atoms with van der Waals surface area (Å²) in [4.78, 5) is 27.5. The molecule has 3 aromatic rings. The molecule has 2 aliphatic heterocycles. The lowest BCUT2D eigenvalue weighted by atomic mass is 10.2. The van der Waals surface area contributed by atoms with Crippen LogP contribution in [0.25, 0.3) is 22.6 Å². The first-order chi connectivity index (χ1) is 19.2. The summed E-state index contributed by atoms with van der Waals surface area (Å²) in [6.07, 6.45) is 5.22. The third kappa shape index (κ3) is 7.97. The van der Waals surface area contributed by atoms with Crippen molar-refractivity contribution in [1.29, 1.82) is 0 Å². The molecule has 16 nitrogen and oxygen atoms in total. The highest BCUT2D eigenvalue weighted by Gasteiger charge is 2.29. The number of sulfonamides is 1. The molecule has 0 amide bonds. The Kier molecular flexibility index (Phi) is 9.27. The van der Waals surface area contributed by atoms with Crippen molar-refractivity contribution >= 4 is 49.0 Å². The zero-order valence-electron chi connectivity index (χ0n) is 23.5. The molecule has 0 unspecified atom stereocenters. The van der Waals surface area contributed by atoms with Crippen molar-refractivity contribution in [3.8, 4) is 11.4 Å². The van der Waals surface area contributed by atoms with E-state index < -0.39 is 20.1 Å². The molecular weight excluding hydrogens is 576 g/mol. The van der Waals surface area contributed by atoms with Gasteiger partial charge in [0.25, 0.3) is 10.1 Å². The summed E-state index contributed by atoms with van der Waals surface area (Å²) in [6, 6.07) is 0. The Balaban J connectivity index is 0.000000714. The molecule has 0 aromatic carbocycles. The number of aromatic nitrogens is 6. The molecule has 0 radical (unpaired) electrons. The zero-order chi connectivity index (χ0) is 29.9. The number of piperazine rings is 1. The van der Waals surface area contributed by atoms with Crippen LogP contribution in [0.1, 0.15) is 13.8 Å². The second-order valence-corrected chi connectivity index (χ2v) is 13.7. The predicted octanol–water partition coefficient (Wildman–Crippen LogP) is -0.0563. The zero-order valence-corrected chi connectivity index (χ0v) is 25.1. The van der Waals surface area contributed by atoms with Crippen molar-refractivity contribution in [3.05, 3.63) is 12.4 Å². The monoisotopic (exact) mass is 612 g/mol. The van der Waals surface area contributed by atoms with E-state index in [1.54, 1.807) is 12.4 Å². The third-order valence-electron chi connectivity index (χ3n) is 6.33. The molecule has 5 rings (SSSR count). The largest absolute Gasteiger partial charge is 0.378 e. The SMILES string of the molecule is CC(C)Cn1c(N2CCN(S(C)(=O)=O)CC2)nc2c(N3CCOCC3)nc(-c3cnc(N)nc3)nc21.CS(=O)(=O)O. The lowest BCUT2D eigenvalue weighted by molar-refractivity contribution is 0.122. The average molecular weight is 613 g/mol. The summed E-state index contributed by atoms with van der Waals surface area (Å²) in [6.45, 7) is 9.55. The molecule has 18 heteroatoms. The van der Waals surface area contributed by atoms with Gasteiger partial charge in [-0.15, -0.1) is 0 Å². The summed E-state index contributed by atoms with van der Waals surface area (Å²) in [5, 5.41) is 0. The van der Waals surface area contributed by atoms with E-state index in [0.29, 0.717) is 82.6 Å². The van der Waals surface area contributed by atoms with Crippen molar-refractivity contribution in [3.63, 3.8) is 0 Å². The van der Waals surface area contributed by atoms with E-state index in [4.69, 9.17) is 30.0 Å². The fraction of sp³-hybridized carbons (Fsp3) is 0.609. The van der Waals surface area contributed by atoms with Gasteiger partial charge in [-0.2, -0.15) is 12.7 Å². The minimum Gasteiger partial charge on any atom is -0.378 e. The number of ether oxygens (including phenoxy) is 1. The maximum Gasteiger partial charge on any atom is 0.261 e. The summed E-state index contributed by atoms with van der Waals surface area (Å²) in [7, 11) is -6.89. The van der Waals surface area contributed by atoms with E-state index in [2.05, 4.69) is 38.2 Å². The van der Waals surface area contributed by atoms with Crippen LogP contribution in [0.4, 0.5) is 17.7 Å². The molecule has 226 valence electrons. The number of nitrogens with two attached hydrogens (primary N) is 1. The number of imidazole rings is 1. The number of morpholine rings is 1. The number of fused-ring (bicyclic) bond motifs is 1. The van der Waals surface area contributed by atoms with Gasteiger partial charge in [-0.25, -0.2) is 33.3 Å². The predicted molar refractivity (Wildman–Crippen MR) is 155 cm³/mol. The fourth-order valence-electron chi connectivity index (χ4n) is 4.55. The van der Waals surface area contributed by atoms with Crippen LogP contribution in [0.3, 0.4) is 0 Å². The van der Waals surface area contributed by atoms with E-state index >= 15 is 0 Å².